The maximum Gasteiger partial charge on any atom is 0.0863 e. The van der Waals surface area contributed by atoms with Gasteiger partial charge in [-0.2, -0.15) is 0 Å². The van der Waals surface area contributed by atoms with Crippen molar-refractivity contribution >= 4 is 7.85 Å². The normalized spacial score (nSPS) is 23.5. The van der Waals surface area contributed by atoms with Gasteiger partial charge in [-0.05, 0) is 32.4 Å². The topological polar surface area (TPSA) is 3.24 Å². The van der Waals surface area contributed by atoms with E-state index in [1.807, 2.05) is 0 Å². The second-order valence-corrected chi connectivity index (χ2v) is 2.36. The summed E-state index contributed by atoms with van der Waals surface area (Å²) < 4.78 is 0. The molecule has 0 aromatic carbocycles. The highest BCUT2D eigenvalue weighted by atomic mass is 15.1. The van der Waals surface area contributed by atoms with Crippen molar-refractivity contribution in [2.45, 2.75) is 19.3 Å². The molecule has 1 saturated heterocycles. The van der Waals surface area contributed by atoms with E-state index >= 15 is 0 Å². The van der Waals surface area contributed by atoms with Gasteiger partial charge in [0.2, 0.25) is 0 Å². The molecular formula is C6H12BN. The van der Waals surface area contributed by atoms with Gasteiger partial charge in [-0.3, -0.25) is 0 Å². The predicted octanol–water partition coefficient (Wildman–Crippen LogP) is 0.598. The van der Waals surface area contributed by atoms with E-state index in [1.54, 1.807) is 0 Å². The van der Waals surface area contributed by atoms with Crippen LogP contribution in [0.3, 0.4) is 0 Å². The van der Waals surface area contributed by atoms with Crippen LogP contribution in [0, 0.1) is 0 Å². The molecule has 1 rings (SSSR count). The van der Waals surface area contributed by atoms with Crippen LogP contribution in [0.2, 0.25) is 0 Å². The average molecular weight is 109 g/mol. The first-order chi connectivity index (χ1) is 3.93. The molecule has 44 valence electrons. The van der Waals surface area contributed by atoms with Crippen LogP contribution in [0.1, 0.15) is 19.3 Å². The number of hydrogen-bond donors (Lipinski definition) is 0. The summed E-state index contributed by atoms with van der Waals surface area (Å²) in [6.45, 7) is 2.44. The molecule has 8 heavy (non-hydrogen) atoms. The fraction of sp³-hybridized carbons (Fsp3) is 1.00. The lowest BCUT2D eigenvalue weighted by Crippen LogP contribution is -2.30. The molecule has 0 saturated carbocycles. The van der Waals surface area contributed by atoms with Gasteiger partial charge in [-0.1, -0.05) is 6.42 Å². The molecule has 0 bridgehead atoms. The fourth-order valence-electron chi connectivity index (χ4n) is 1.14. The van der Waals surface area contributed by atoms with Crippen LogP contribution in [0.25, 0.3) is 0 Å². The van der Waals surface area contributed by atoms with Crippen LogP contribution in [0.15, 0.2) is 0 Å². The Kier molecular flexibility index (Phi) is 2.41. The molecule has 1 heterocycles. The maximum absolute atomic E-state index is 5.43. The number of hydrogen-bond acceptors (Lipinski definition) is 1. The summed E-state index contributed by atoms with van der Waals surface area (Å²) in [5, 5.41) is 0. The first-order valence-electron chi connectivity index (χ1n) is 3.36. The summed E-state index contributed by atoms with van der Waals surface area (Å²) in [6, 6.07) is 0. The van der Waals surface area contributed by atoms with E-state index in [9.17, 15) is 0 Å². The van der Waals surface area contributed by atoms with E-state index in [0.717, 1.165) is 6.44 Å². The Balaban J connectivity index is 2.13. The molecule has 0 aromatic heterocycles. The minimum atomic E-state index is 0.750. The van der Waals surface area contributed by atoms with E-state index in [4.69, 9.17) is 7.85 Å². The zero-order chi connectivity index (χ0) is 5.82. The van der Waals surface area contributed by atoms with Gasteiger partial charge in [0, 0.05) is 0 Å². The summed E-state index contributed by atoms with van der Waals surface area (Å²) in [7, 11) is 5.43. The molecule has 0 N–H and O–H groups in total. The van der Waals surface area contributed by atoms with E-state index in [-0.39, 0.29) is 0 Å². The van der Waals surface area contributed by atoms with Crippen LogP contribution in [-0.2, 0) is 0 Å². The van der Waals surface area contributed by atoms with Gasteiger partial charge < -0.3 is 4.90 Å². The molecule has 0 unspecified atom stereocenters. The Bertz CT molecular complexity index is 59.5. The molecule has 0 aromatic rings. The average Bonchev–Trinajstić information content (AvgIpc) is 1.90. The van der Waals surface area contributed by atoms with Gasteiger partial charge in [-0.15, -0.1) is 0 Å². The molecule has 1 aliphatic rings. The summed E-state index contributed by atoms with van der Waals surface area (Å²) in [5.74, 6) is 0. The molecule has 1 nitrogen and oxygen atoms in total. The van der Waals surface area contributed by atoms with Gasteiger partial charge in [0.25, 0.3) is 0 Å². The zero-order valence-corrected chi connectivity index (χ0v) is 5.27. The standard InChI is InChI=1S/C6H12BN/c7-6-8-4-2-1-3-5-8/h1-6H2. The van der Waals surface area contributed by atoms with E-state index in [0.29, 0.717) is 0 Å². The van der Waals surface area contributed by atoms with Crippen molar-refractivity contribution in [2.75, 3.05) is 19.5 Å². The Morgan fingerprint density at radius 2 is 1.75 bits per heavy atom. The van der Waals surface area contributed by atoms with Gasteiger partial charge in [0.05, 0.1) is 7.85 Å². The predicted molar refractivity (Wildman–Crippen MR) is 36.0 cm³/mol. The second kappa shape index (κ2) is 3.13. The Morgan fingerprint density at radius 1 is 1.12 bits per heavy atom. The number of nitrogens with zero attached hydrogens (tertiary/aromatic N) is 1. The minimum Gasteiger partial charge on any atom is -0.312 e. The first kappa shape index (κ1) is 6.15. The van der Waals surface area contributed by atoms with Crippen molar-refractivity contribution in [1.82, 2.24) is 4.90 Å². The van der Waals surface area contributed by atoms with Gasteiger partial charge in [-0.25, -0.2) is 0 Å². The highest BCUT2D eigenvalue weighted by molar-refractivity contribution is 6.08. The maximum atomic E-state index is 5.43. The molecule has 0 atom stereocenters. The van der Waals surface area contributed by atoms with E-state index < -0.39 is 0 Å². The molecule has 2 heteroatoms. The lowest BCUT2D eigenvalue weighted by Gasteiger charge is -2.24. The summed E-state index contributed by atoms with van der Waals surface area (Å²) in [5.41, 5.74) is 0. The monoisotopic (exact) mass is 109 g/mol. The smallest absolute Gasteiger partial charge is 0.0863 e. The minimum absolute atomic E-state index is 0.750. The van der Waals surface area contributed by atoms with Gasteiger partial charge in [0.1, 0.15) is 0 Å². The second-order valence-electron chi connectivity index (χ2n) is 2.36. The highest BCUT2D eigenvalue weighted by Gasteiger charge is 2.05. The highest BCUT2D eigenvalue weighted by Crippen LogP contribution is 2.06. The Labute approximate surface area is 52.5 Å². The van der Waals surface area contributed by atoms with Crippen molar-refractivity contribution in [2.24, 2.45) is 0 Å². The van der Waals surface area contributed by atoms with Crippen molar-refractivity contribution in [3.8, 4) is 0 Å². The molecule has 1 aliphatic heterocycles. The lowest BCUT2D eigenvalue weighted by molar-refractivity contribution is 0.263. The quantitative estimate of drug-likeness (QED) is 0.445. The van der Waals surface area contributed by atoms with Crippen molar-refractivity contribution in [1.29, 1.82) is 0 Å². The third kappa shape index (κ3) is 1.51. The van der Waals surface area contributed by atoms with Crippen molar-refractivity contribution in [3.05, 3.63) is 0 Å². The first-order valence-corrected chi connectivity index (χ1v) is 3.36. The fourth-order valence-corrected chi connectivity index (χ4v) is 1.14. The third-order valence-corrected chi connectivity index (χ3v) is 1.71. The van der Waals surface area contributed by atoms with E-state index in [2.05, 4.69) is 4.90 Å². The van der Waals surface area contributed by atoms with Crippen LogP contribution in [0.4, 0.5) is 0 Å². The van der Waals surface area contributed by atoms with Crippen LogP contribution >= 0.6 is 0 Å². The number of likely N-dealkylation sites (tertiary alicyclic amines) is 1. The molecule has 1 fully saturated rings. The van der Waals surface area contributed by atoms with E-state index in [1.165, 1.54) is 32.4 Å². The van der Waals surface area contributed by atoms with Crippen LogP contribution in [-0.4, -0.2) is 32.3 Å². The molecule has 0 spiro atoms. The zero-order valence-electron chi connectivity index (χ0n) is 5.27. The van der Waals surface area contributed by atoms with Gasteiger partial charge >= 0.3 is 0 Å². The van der Waals surface area contributed by atoms with Crippen molar-refractivity contribution < 1.29 is 0 Å². The van der Waals surface area contributed by atoms with Crippen molar-refractivity contribution in [3.63, 3.8) is 0 Å². The summed E-state index contributed by atoms with van der Waals surface area (Å²) in [6.07, 6.45) is 4.84. The summed E-state index contributed by atoms with van der Waals surface area (Å²) in [4.78, 5) is 2.30. The Morgan fingerprint density at radius 3 is 2.12 bits per heavy atom. The third-order valence-electron chi connectivity index (χ3n) is 1.71. The summed E-state index contributed by atoms with van der Waals surface area (Å²) >= 11 is 0. The van der Waals surface area contributed by atoms with Crippen LogP contribution < -0.4 is 0 Å². The van der Waals surface area contributed by atoms with Gasteiger partial charge in [0.15, 0.2) is 0 Å². The molecule has 0 aliphatic carbocycles. The molecule has 2 radical (unpaired) electrons. The largest absolute Gasteiger partial charge is 0.312 e. The number of piperidine rings is 1. The lowest BCUT2D eigenvalue weighted by atomic mass is 10.1. The molecular weight excluding hydrogens is 96.9 g/mol. The SMILES string of the molecule is [B]CN1CCCCC1. The molecule has 0 amide bonds. The Hall–Kier alpha value is 0.0249. The number of rotatable bonds is 1. The van der Waals surface area contributed by atoms with Crippen LogP contribution in [0.5, 0.6) is 0 Å².